The van der Waals surface area contributed by atoms with Gasteiger partial charge < -0.3 is 22.9 Å². The van der Waals surface area contributed by atoms with Crippen LogP contribution < -0.4 is 33.2 Å². The van der Waals surface area contributed by atoms with Crippen molar-refractivity contribution >= 4 is 45.5 Å². The molecule has 3 aromatic carbocycles. The molecule has 8 nitrogen and oxygen atoms in total. The van der Waals surface area contributed by atoms with Gasteiger partial charge in [-0.25, -0.2) is 0 Å². The number of nitrogens with one attached hydrogen (secondary N) is 2. The van der Waals surface area contributed by atoms with Crippen molar-refractivity contribution in [1.82, 2.24) is 0 Å². The quantitative estimate of drug-likeness (QED) is 0.307. The molecule has 0 saturated carbocycles. The van der Waals surface area contributed by atoms with Gasteiger partial charge in [0, 0.05) is 29.6 Å². The SMILES string of the molecule is Nc1ccc([NH+]=Nc2cccc(N=[NH+]c3ccc(N)cc3N)c2)c(N)c1. The maximum atomic E-state index is 5.90. The van der Waals surface area contributed by atoms with Gasteiger partial charge in [0.2, 0.25) is 0 Å². The summed E-state index contributed by atoms with van der Waals surface area (Å²) in [5, 5.41) is 14.5. The number of hydrogen-bond acceptors (Lipinski definition) is 6. The third-order valence-corrected chi connectivity index (χ3v) is 3.59. The molecule has 0 amide bonds. The Morgan fingerprint density at radius 3 is 1.46 bits per heavy atom. The number of rotatable bonds is 4. The van der Waals surface area contributed by atoms with E-state index in [-0.39, 0.29) is 0 Å². The monoisotopic (exact) mass is 348 g/mol. The smallest absolute Gasteiger partial charge is 0.252 e. The van der Waals surface area contributed by atoms with E-state index in [1.807, 2.05) is 18.2 Å². The van der Waals surface area contributed by atoms with Gasteiger partial charge in [0.25, 0.3) is 11.4 Å². The van der Waals surface area contributed by atoms with Crippen LogP contribution in [0.5, 0.6) is 0 Å². The molecule has 0 aliphatic heterocycles. The first-order valence-corrected chi connectivity index (χ1v) is 7.85. The van der Waals surface area contributed by atoms with Crippen molar-refractivity contribution in [2.75, 3.05) is 22.9 Å². The Hall–Kier alpha value is -3.94. The number of anilines is 4. The van der Waals surface area contributed by atoms with Crippen LogP contribution in [-0.2, 0) is 0 Å². The lowest BCUT2D eigenvalue weighted by Gasteiger charge is -1.96. The molecule has 0 aliphatic rings. The highest BCUT2D eigenvalue weighted by Gasteiger charge is 2.06. The van der Waals surface area contributed by atoms with Gasteiger partial charge >= 0.3 is 0 Å². The van der Waals surface area contributed by atoms with E-state index in [1.54, 1.807) is 42.5 Å². The van der Waals surface area contributed by atoms with Crippen molar-refractivity contribution < 1.29 is 10.2 Å². The largest absolute Gasteiger partial charge is 0.399 e. The van der Waals surface area contributed by atoms with E-state index >= 15 is 0 Å². The molecule has 0 unspecified atom stereocenters. The number of benzene rings is 3. The van der Waals surface area contributed by atoms with E-state index < -0.39 is 0 Å². The molecule has 3 rings (SSSR count). The topological polar surface area (TPSA) is 157 Å². The molecule has 0 aromatic heterocycles. The number of azo groups is 2. The molecule has 0 aliphatic carbocycles. The summed E-state index contributed by atoms with van der Waals surface area (Å²) in [6.45, 7) is 0. The van der Waals surface area contributed by atoms with Crippen LogP contribution in [0.2, 0.25) is 0 Å². The minimum absolute atomic E-state index is 0.523. The molecule has 0 heterocycles. The molecule has 10 N–H and O–H groups in total. The Labute approximate surface area is 150 Å². The Balaban J connectivity index is 1.79. The van der Waals surface area contributed by atoms with Gasteiger partial charge in [-0.05, 0) is 46.6 Å². The van der Waals surface area contributed by atoms with Crippen LogP contribution in [0.15, 0.2) is 70.9 Å². The predicted octanol–water partition coefficient (Wildman–Crippen LogP) is 1.01. The summed E-state index contributed by atoms with van der Waals surface area (Å²) in [7, 11) is 0. The van der Waals surface area contributed by atoms with Crippen molar-refractivity contribution in [3.63, 3.8) is 0 Å². The Kier molecular flexibility index (Phi) is 4.75. The molecule has 0 saturated heterocycles. The minimum Gasteiger partial charge on any atom is -0.399 e. The zero-order chi connectivity index (χ0) is 18.5. The number of nitrogen functional groups attached to an aromatic ring is 4. The average molecular weight is 348 g/mol. The van der Waals surface area contributed by atoms with Crippen molar-refractivity contribution in [2.45, 2.75) is 0 Å². The second kappa shape index (κ2) is 7.31. The van der Waals surface area contributed by atoms with Crippen LogP contribution in [0.4, 0.5) is 45.5 Å². The maximum Gasteiger partial charge on any atom is 0.252 e. The Morgan fingerprint density at radius 2 is 1.04 bits per heavy atom. The summed E-state index contributed by atoms with van der Waals surface area (Å²) >= 11 is 0. The summed E-state index contributed by atoms with van der Waals surface area (Å²) in [6, 6.07) is 17.7. The van der Waals surface area contributed by atoms with Crippen LogP contribution in [0.25, 0.3) is 0 Å². The van der Waals surface area contributed by atoms with E-state index in [0.717, 1.165) is 0 Å². The van der Waals surface area contributed by atoms with Gasteiger partial charge in [-0.15, -0.1) is 0 Å². The normalized spacial score (nSPS) is 11.4. The Bertz CT molecular complexity index is 917. The van der Waals surface area contributed by atoms with Crippen molar-refractivity contribution in [3.05, 3.63) is 60.7 Å². The van der Waals surface area contributed by atoms with E-state index in [2.05, 4.69) is 20.5 Å². The first kappa shape index (κ1) is 16.9. The Morgan fingerprint density at radius 1 is 0.577 bits per heavy atom. The highest BCUT2D eigenvalue weighted by molar-refractivity contribution is 5.64. The molecular weight excluding hydrogens is 328 g/mol. The number of nitrogens with two attached hydrogens (primary N) is 4. The maximum absolute atomic E-state index is 5.90. The zero-order valence-corrected chi connectivity index (χ0v) is 14.0. The second-order valence-corrected chi connectivity index (χ2v) is 5.66. The second-order valence-electron chi connectivity index (χ2n) is 5.66. The fourth-order valence-electron chi connectivity index (χ4n) is 2.25. The number of nitrogens with zero attached hydrogens (tertiary/aromatic N) is 2. The van der Waals surface area contributed by atoms with Crippen molar-refractivity contribution in [1.29, 1.82) is 0 Å². The first-order valence-electron chi connectivity index (χ1n) is 7.85. The van der Waals surface area contributed by atoms with E-state index in [4.69, 9.17) is 22.9 Å². The predicted molar refractivity (Wildman–Crippen MR) is 102 cm³/mol. The zero-order valence-electron chi connectivity index (χ0n) is 14.0. The fourth-order valence-corrected chi connectivity index (χ4v) is 2.25. The highest BCUT2D eigenvalue weighted by atomic mass is 15.1. The fraction of sp³-hybridized carbons (Fsp3) is 0. The van der Waals surface area contributed by atoms with E-state index in [1.165, 1.54) is 0 Å². The van der Waals surface area contributed by atoms with E-state index in [9.17, 15) is 0 Å². The molecule has 130 valence electrons. The standard InChI is InChI=1S/C18H18N8/c19-11-4-6-17(15(21)8-11)25-23-13-2-1-3-14(10-13)24-26-18-7-5-12(20)9-16(18)22/h1-10H,19-22H2/p+2. The third-order valence-electron chi connectivity index (χ3n) is 3.59. The lowest BCUT2D eigenvalue weighted by atomic mass is 10.2. The van der Waals surface area contributed by atoms with Gasteiger partial charge in [-0.3, -0.25) is 0 Å². The van der Waals surface area contributed by atoms with Gasteiger partial charge in [0.05, 0.1) is 0 Å². The molecule has 26 heavy (non-hydrogen) atoms. The third kappa shape index (κ3) is 4.12. The van der Waals surface area contributed by atoms with Crippen LogP contribution in [0, 0.1) is 0 Å². The van der Waals surface area contributed by atoms with Gasteiger partial charge in [-0.1, -0.05) is 16.3 Å². The van der Waals surface area contributed by atoms with Crippen LogP contribution >= 0.6 is 0 Å². The molecule has 0 radical (unpaired) electrons. The lowest BCUT2D eigenvalue weighted by Crippen LogP contribution is -2.57. The summed E-state index contributed by atoms with van der Waals surface area (Å²) in [4.78, 5) is 0. The van der Waals surface area contributed by atoms with Gasteiger partial charge in [0.1, 0.15) is 22.7 Å². The summed E-state index contributed by atoms with van der Waals surface area (Å²) < 4.78 is 0. The molecule has 0 spiro atoms. The van der Waals surface area contributed by atoms with Crippen LogP contribution in [-0.4, -0.2) is 0 Å². The lowest BCUT2D eigenvalue weighted by molar-refractivity contribution is -0.432. The summed E-state index contributed by atoms with van der Waals surface area (Å²) in [5.41, 5.74) is 28.1. The average Bonchev–Trinajstić information content (AvgIpc) is 2.61. The van der Waals surface area contributed by atoms with Crippen LogP contribution in [0.3, 0.4) is 0 Å². The first-order chi connectivity index (χ1) is 12.5. The van der Waals surface area contributed by atoms with Gasteiger partial charge in [0.15, 0.2) is 0 Å². The molecular formula is C18H20N8+2. The van der Waals surface area contributed by atoms with Gasteiger partial charge in [-0.2, -0.15) is 0 Å². The molecule has 0 fully saturated rings. The molecule has 3 aromatic rings. The van der Waals surface area contributed by atoms with Crippen LogP contribution in [0.1, 0.15) is 0 Å². The summed E-state index contributed by atoms with van der Waals surface area (Å²) in [6.07, 6.45) is 0. The molecule has 0 bridgehead atoms. The van der Waals surface area contributed by atoms with Crippen molar-refractivity contribution in [3.8, 4) is 0 Å². The van der Waals surface area contributed by atoms with E-state index in [0.29, 0.717) is 45.5 Å². The van der Waals surface area contributed by atoms with Crippen molar-refractivity contribution in [2.24, 2.45) is 10.2 Å². The minimum atomic E-state index is 0.523. The number of hydrogen-bond donors (Lipinski definition) is 6. The molecule has 8 heteroatoms. The summed E-state index contributed by atoms with van der Waals surface area (Å²) in [5.74, 6) is 0. The molecule has 0 atom stereocenters. The highest BCUT2D eigenvalue weighted by Crippen LogP contribution is 2.20.